The van der Waals surface area contributed by atoms with Crippen molar-refractivity contribution >= 4 is 26.0 Å². The Kier molecular flexibility index (Phi) is 6.35. The summed E-state index contributed by atoms with van der Waals surface area (Å²) in [6, 6.07) is 8.90. The van der Waals surface area contributed by atoms with Crippen molar-refractivity contribution in [3.8, 4) is 0 Å². The number of nitrogens with zero attached hydrogens (tertiary/aromatic N) is 4. The minimum Gasteiger partial charge on any atom is -0.339 e. The van der Waals surface area contributed by atoms with E-state index in [2.05, 4.69) is 4.98 Å². The zero-order chi connectivity index (χ0) is 22.9. The maximum absolute atomic E-state index is 13.2. The van der Waals surface area contributed by atoms with Gasteiger partial charge in [-0.15, -0.1) is 0 Å². The van der Waals surface area contributed by atoms with E-state index in [1.807, 2.05) is 6.92 Å². The first-order valence-electron chi connectivity index (χ1n) is 10.5. The second-order valence-electron chi connectivity index (χ2n) is 8.00. The predicted molar refractivity (Wildman–Crippen MR) is 118 cm³/mol. The maximum atomic E-state index is 13.2. The number of carbonyl (C=O) groups is 1. The number of benzene rings is 1. The Morgan fingerprint density at radius 3 is 2.22 bits per heavy atom. The summed E-state index contributed by atoms with van der Waals surface area (Å²) in [5.41, 5.74) is 0.956. The third kappa shape index (κ3) is 4.29. The third-order valence-electron chi connectivity index (χ3n) is 5.94. The van der Waals surface area contributed by atoms with Crippen LogP contribution in [0.15, 0.2) is 58.6 Å². The molecule has 1 aromatic heterocycles. The van der Waals surface area contributed by atoms with Crippen LogP contribution in [0.1, 0.15) is 18.4 Å². The minimum absolute atomic E-state index is 0.117. The van der Waals surface area contributed by atoms with Gasteiger partial charge in [-0.05, 0) is 44.0 Å². The van der Waals surface area contributed by atoms with E-state index < -0.39 is 26.1 Å². The molecule has 172 valence electrons. The summed E-state index contributed by atoms with van der Waals surface area (Å²) < 4.78 is 54.5. The highest BCUT2D eigenvalue weighted by molar-refractivity contribution is 7.89. The quantitative estimate of drug-likeness (QED) is 0.636. The van der Waals surface area contributed by atoms with Crippen molar-refractivity contribution in [2.24, 2.45) is 0 Å². The number of rotatable bonds is 5. The van der Waals surface area contributed by atoms with Gasteiger partial charge in [0, 0.05) is 45.1 Å². The molecule has 2 aliphatic rings. The number of amides is 1. The van der Waals surface area contributed by atoms with E-state index in [9.17, 15) is 21.6 Å². The molecule has 0 N–H and O–H groups in total. The molecule has 0 bridgehead atoms. The molecule has 0 radical (unpaired) electrons. The topological polar surface area (TPSA) is 108 Å². The van der Waals surface area contributed by atoms with E-state index in [0.29, 0.717) is 19.4 Å². The average molecular weight is 479 g/mol. The van der Waals surface area contributed by atoms with Crippen molar-refractivity contribution in [3.05, 3.63) is 54.4 Å². The number of piperazine rings is 1. The molecule has 0 unspecified atom stereocenters. The molecule has 2 aliphatic heterocycles. The predicted octanol–water partition coefficient (Wildman–Crippen LogP) is 1.08. The maximum Gasteiger partial charge on any atom is 0.244 e. The zero-order valence-corrected chi connectivity index (χ0v) is 19.4. The Labute approximate surface area is 188 Å². The summed E-state index contributed by atoms with van der Waals surface area (Å²) in [7, 11) is -7.46. The molecular weight excluding hydrogens is 452 g/mol. The van der Waals surface area contributed by atoms with Crippen molar-refractivity contribution in [1.82, 2.24) is 18.5 Å². The van der Waals surface area contributed by atoms with Gasteiger partial charge in [-0.1, -0.05) is 17.7 Å². The number of carbonyl (C=O) groups excluding carboxylic acids is 1. The Balaban J connectivity index is 1.45. The smallest absolute Gasteiger partial charge is 0.244 e. The van der Waals surface area contributed by atoms with Gasteiger partial charge in [0.1, 0.15) is 10.9 Å². The fourth-order valence-electron chi connectivity index (χ4n) is 4.13. The van der Waals surface area contributed by atoms with Gasteiger partial charge in [-0.3, -0.25) is 9.78 Å². The Morgan fingerprint density at radius 2 is 1.59 bits per heavy atom. The summed E-state index contributed by atoms with van der Waals surface area (Å²) in [4.78, 5) is 18.9. The summed E-state index contributed by atoms with van der Waals surface area (Å²) in [6.07, 6.45) is 3.88. The molecule has 2 fully saturated rings. The molecular formula is C21H26N4O5S2. The van der Waals surface area contributed by atoms with E-state index in [1.54, 1.807) is 35.2 Å². The van der Waals surface area contributed by atoms with Crippen LogP contribution >= 0.6 is 0 Å². The number of sulfonamides is 2. The summed E-state index contributed by atoms with van der Waals surface area (Å²) in [6.45, 7) is 2.91. The molecule has 11 heteroatoms. The lowest BCUT2D eigenvalue weighted by atomic mass is 10.2. The first-order valence-corrected chi connectivity index (χ1v) is 13.4. The fraction of sp³-hybridized carbons (Fsp3) is 0.429. The van der Waals surface area contributed by atoms with Gasteiger partial charge in [-0.25, -0.2) is 16.8 Å². The van der Waals surface area contributed by atoms with Crippen LogP contribution in [0.5, 0.6) is 0 Å². The Morgan fingerprint density at radius 1 is 0.906 bits per heavy atom. The summed E-state index contributed by atoms with van der Waals surface area (Å²) in [5.74, 6) is -0.267. The van der Waals surface area contributed by atoms with Gasteiger partial charge in [0.2, 0.25) is 26.0 Å². The monoisotopic (exact) mass is 478 g/mol. The van der Waals surface area contributed by atoms with E-state index in [1.165, 1.54) is 27.1 Å². The van der Waals surface area contributed by atoms with Crippen molar-refractivity contribution < 1.29 is 21.6 Å². The normalized spacial score (nSPS) is 21.0. The van der Waals surface area contributed by atoms with E-state index >= 15 is 0 Å². The van der Waals surface area contributed by atoms with E-state index in [-0.39, 0.29) is 41.9 Å². The van der Waals surface area contributed by atoms with Crippen LogP contribution in [0.4, 0.5) is 0 Å². The largest absolute Gasteiger partial charge is 0.339 e. The molecule has 0 aliphatic carbocycles. The van der Waals surface area contributed by atoms with Gasteiger partial charge in [0.15, 0.2) is 0 Å². The standard InChI is InChI=1S/C21H26N4O5S2/c1-17-6-8-18(9-7-17)32(29,30)25-11-3-5-20(25)21(26)23-12-14-24(15-13-23)31(27,28)19-4-2-10-22-16-19/h2,4,6-10,16,20H,3,5,11-15H2,1H3/t20-/m0/s1. The van der Waals surface area contributed by atoms with Crippen LogP contribution in [0, 0.1) is 6.92 Å². The second kappa shape index (κ2) is 8.89. The number of hydrogen-bond donors (Lipinski definition) is 0. The van der Waals surface area contributed by atoms with Crippen LogP contribution < -0.4 is 0 Å². The number of aromatic nitrogens is 1. The zero-order valence-electron chi connectivity index (χ0n) is 17.8. The highest BCUT2D eigenvalue weighted by Crippen LogP contribution is 2.28. The van der Waals surface area contributed by atoms with Crippen LogP contribution in [0.3, 0.4) is 0 Å². The highest BCUT2D eigenvalue weighted by Gasteiger charge is 2.42. The van der Waals surface area contributed by atoms with Gasteiger partial charge < -0.3 is 4.90 Å². The first kappa shape index (κ1) is 22.8. The van der Waals surface area contributed by atoms with Crippen LogP contribution in [-0.4, -0.2) is 80.0 Å². The van der Waals surface area contributed by atoms with Crippen molar-refractivity contribution in [2.75, 3.05) is 32.7 Å². The lowest BCUT2D eigenvalue weighted by Gasteiger charge is -2.36. The molecule has 9 nitrogen and oxygen atoms in total. The lowest BCUT2D eigenvalue weighted by Crippen LogP contribution is -2.55. The van der Waals surface area contributed by atoms with Gasteiger partial charge >= 0.3 is 0 Å². The summed E-state index contributed by atoms with van der Waals surface area (Å²) >= 11 is 0. The van der Waals surface area contributed by atoms with Gasteiger partial charge in [0.25, 0.3) is 0 Å². The fourth-order valence-corrected chi connectivity index (χ4v) is 7.17. The summed E-state index contributed by atoms with van der Waals surface area (Å²) in [5, 5.41) is 0. The number of aryl methyl sites for hydroxylation is 1. The first-order chi connectivity index (χ1) is 15.2. The molecule has 4 rings (SSSR count). The van der Waals surface area contributed by atoms with Crippen molar-refractivity contribution in [3.63, 3.8) is 0 Å². The van der Waals surface area contributed by atoms with Gasteiger partial charge in [-0.2, -0.15) is 8.61 Å². The molecule has 0 spiro atoms. The number of hydrogen-bond acceptors (Lipinski definition) is 6. The molecule has 2 aromatic rings. The van der Waals surface area contributed by atoms with Gasteiger partial charge in [0.05, 0.1) is 4.90 Å². The Hall–Kier alpha value is -2.34. The van der Waals surface area contributed by atoms with Crippen molar-refractivity contribution in [1.29, 1.82) is 0 Å². The molecule has 1 atom stereocenters. The molecule has 3 heterocycles. The second-order valence-corrected chi connectivity index (χ2v) is 11.8. The Bertz CT molecular complexity index is 1180. The minimum atomic E-state index is -3.79. The van der Waals surface area contributed by atoms with Crippen molar-refractivity contribution in [2.45, 2.75) is 35.6 Å². The SMILES string of the molecule is Cc1ccc(S(=O)(=O)N2CCC[C@H]2C(=O)N2CCN(S(=O)(=O)c3cccnc3)CC2)cc1. The average Bonchev–Trinajstić information content (AvgIpc) is 3.30. The number of pyridine rings is 1. The van der Waals surface area contributed by atoms with Crippen LogP contribution in [0.2, 0.25) is 0 Å². The van der Waals surface area contributed by atoms with Crippen LogP contribution in [0.25, 0.3) is 0 Å². The molecule has 32 heavy (non-hydrogen) atoms. The molecule has 2 saturated heterocycles. The molecule has 0 saturated carbocycles. The van der Waals surface area contributed by atoms with Crippen LogP contribution in [-0.2, 0) is 24.8 Å². The van der Waals surface area contributed by atoms with E-state index in [4.69, 9.17) is 0 Å². The van der Waals surface area contributed by atoms with E-state index in [0.717, 1.165) is 5.56 Å². The third-order valence-corrected chi connectivity index (χ3v) is 9.74. The lowest BCUT2D eigenvalue weighted by molar-refractivity contribution is -0.135. The molecule has 1 amide bonds. The highest BCUT2D eigenvalue weighted by atomic mass is 32.2. The molecule has 1 aromatic carbocycles.